The van der Waals surface area contributed by atoms with Gasteiger partial charge in [0.15, 0.2) is 0 Å². The van der Waals surface area contributed by atoms with Crippen molar-refractivity contribution in [2.24, 2.45) is 4.99 Å². The molecule has 1 aromatic carbocycles. The second-order valence-electron chi connectivity index (χ2n) is 3.50. The van der Waals surface area contributed by atoms with Gasteiger partial charge in [-0.05, 0) is 12.1 Å². The monoisotopic (exact) mass is 211 g/mol. The highest BCUT2D eigenvalue weighted by atomic mass is 16.3. The van der Waals surface area contributed by atoms with Gasteiger partial charge in [-0.25, -0.2) is 0 Å². The fraction of sp³-hybridized carbons (Fsp3) is 0. The van der Waals surface area contributed by atoms with Crippen molar-refractivity contribution in [2.45, 2.75) is 0 Å². The van der Waals surface area contributed by atoms with Gasteiger partial charge >= 0.3 is 0 Å². The Morgan fingerprint density at radius 1 is 1.25 bits per heavy atom. The Balaban J connectivity index is 2.59. The predicted octanol–water partition coefficient (Wildman–Crippen LogP) is 2.46. The van der Waals surface area contributed by atoms with Crippen molar-refractivity contribution in [3.05, 3.63) is 42.4 Å². The van der Waals surface area contributed by atoms with Crippen LogP contribution in [0.2, 0.25) is 0 Å². The van der Waals surface area contributed by atoms with Gasteiger partial charge in [0.25, 0.3) is 0 Å². The molecular weight excluding hydrogens is 202 g/mol. The number of rotatable bonds is 0. The Morgan fingerprint density at radius 2 is 2.19 bits per heavy atom. The van der Waals surface area contributed by atoms with E-state index in [9.17, 15) is 5.11 Å². The third kappa shape index (κ3) is 1.24. The molecule has 1 aliphatic heterocycles. The van der Waals surface area contributed by atoms with E-state index in [0.29, 0.717) is 5.56 Å². The van der Waals surface area contributed by atoms with E-state index < -0.39 is 0 Å². The van der Waals surface area contributed by atoms with Gasteiger partial charge in [-0.2, -0.15) is 0 Å². The van der Waals surface area contributed by atoms with Crippen LogP contribution in [0, 0.1) is 0 Å². The number of aromatic hydroxyl groups is 1. The van der Waals surface area contributed by atoms with E-state index in [4.69, 9.17) is 0 Å². The van der Waals surface area contributed by atoms with E-state index >= 15 is 0 Å². The second kappa shape index (κ2) is 3.34. The van der Waals surface area contributed by atoms with E-state index in [0.717, 1.165) is 16.6 Å². The van der Waals surface area contributed by atoms with E-state index in [-0.39, 0.29) is 5.75 Å². The number of aromatic amines is 1. The highest BCUT2D eigenvalue weighted by Crippen LogP contribution is 2.33. The van der Waals surface area contributed by atoms with Gasteiger partial charge < -0.3 is 10.1 Å². The highest BCUT2D eigenvalue weighted by molar-refractivity contribution is 6.10. The van der Waals surface area contributed by atoms with Gasteiger partial charge in [-0.1, -0.05) is 6.07 Å². The Kier molecular flexibility index (Phi) is 1.86. The van der Waals surface area contributed by atoms with E-state index in [1.54, 1.807) is 18.6 Å². The summed E-state index contributed by atoms with van der Waals surface area (Å²) in [6, 6.07) is 5.78. The Morgan fingerprint density at radius 3 is 3.12 bits per heavy atom. The molecule has 4 nitrogen and oxygen atoms in total. The molecule has 3 rings (SSSR count). The maximum atomic E-state index is 9.86. The van der Waals surface area contributed by atoms with Crippen LogP contribution >= 0.6 is 0 Å². The van der Waals surface area contributed by atoms with Crippen LogP contribution < -0.4 is 0 Å². The van der Waals surface area contributed by atoms with Crippen LogP contribution in [0.4, 0.5) is 5.69 Å². The fourth-order valence-electron chi connectivity index (χ4n) is 1.80. The molecule has 0 fully saturated rings. The maximum Gasteiger partial charge on any atom is 0.143 e. The molecule has 0 unspecified atom stereocenters. The Labute approximate surface area is 91.6 Å². The highest BCUT2D eigenvalue weighted by Gasteiger charge is 2.11. The van der Waals surface area contributed by atoms with E-state index in [1.165, 1.54) is 6.20 Å². The fourth-order valence-corrected chi connectivity index (χ4v) is 1.80. The number of H-pyrrole nitrogens is 1. The van der Waals surface area contributed by atoms with Crippen molar-refractivity contribution in [1.29, 1.82) is 0 Å². The molecule has 0 radical (unpaired) electrons. The van der Waals surface area contributed by atoms with Crippen molar-refractivity contribution in [2.75, 3.05) is 0 Å². The molecule has 1 aliphatic rings. The standard InChI is InChI=1S/C12H9N3O/c16-11-7-13-4-5-14-9-2-1-3-10-12(9)8(11)6-15-10/h1-7,14,16H. The lowest BCUT2D eigenvalue weighted by Crippen LogP contribution is -1.77. The molecule has 16 heavy (non-hydrogen) atoms. The number of nitrogens with one attached hydrogen (secondary N) is 1. The first-order chi connectivity index (χ1) is 7.86. The first kappa shape index (κ1) is 8.91. The zero-order chi connectivity index (χ0) is 11.0. The molecule has 4 heteroatoms. The Bertz CT molecular complexity index is 642. The van der Waals surface area contributed by atoms with Crippen molar-refractivity contribution >= 4 is 22.8 Å². The summed E-state index contributed by atoms with van der Waals surface area (Å²) in [4.78, 5) is 11.3. The summed E-state index contributed by atoms with van der Waals surface area (Å²) < 4.78 is 0. The molecule has 2 aromatic rings. The third-order valence-corrected chi connectivity index (χ3v) is 2.52. The maximum absolute atomic E-state index is 9.86. The second-order valence-corrected chi connectivity index (χ2v) is 3.50. The van der Waals surface area contributed by atoms with Gasteiger partial charge in [0.1, 0.15) is 5.75 Å². The van der Waals surface area contributed by atoms with Crippen LogP contribution in [-0.2, 0) is 0 Å². The molecule has 2 N–H and O–H groups in total. The zero-order valence-corrected chi connectivity index (χ0v) is 8.38. The minimum atomic E-state index is 0.128. The molecule has 0 spiro atoms. The average Bonchev–Trinajstić information content (AvgIpc) is 2.74. The quantitative estimate of drug-likeness (QED) is 0.600. The average molecular weight is 211 g/mol. The van der Waals surface area contributed by atoms with Gasteiger partial charge in [0, 0.05) is 35.1 Å². The zero-order valence-electron chi connectivity index (χ0n) is 8.38. The molecule has 0 saturated carbocycles. The lowest BCUT2D eigenvalue weighted by atomic mass is 10.1. The van der Waals surface area contributed by atoms with Crippen LogP contribution in [0.1, 0.15) is 5.56 Å². The molecule has 0 amide bonds. The summed E-state index contributed by atoms with van der Waals surface area (Å²) in [6.07, 6.45) is 6.38. The van der Waals surface area contributed by atoms with Crippen molar-refractivity contribution in [3.8, 4) is 5.75 Å². The van der Waals surface area contributed by atoms with Crippen LogP contribution in [-0.4, -0.2) is 21.3 Å². The summed E-state index contributed by atoms with van der Waals surface area (Å²) >= 11 is 0. The lowest BCUT2D eigenvalue weighted by molar-refractivity contribution is 0.473. The molecule has 2 heterocycles. The number of benzene rings is 1. The smallest absolute Gasteiger partial charge is 0.143 e. The van der Waals surface area contributed by atoms with Crippen LogP contribution in [0.25, 0.3) is 10.9 Å². The summed E-state index contributed by atoms with van der Waals surface area (Å²) in [6.45, 7) is 0. The van der Waals surface area contributed by atoms with Gasteiger partial charge in [0.05, 0.1) is 11.9 Å². The normalized spacial score (nSPS) is 11.8. The molecule has 0 saturated heterocycles. The van der Waals surface area contributed by atoms with E-state index in [2.05, 4.69) is 15.0 Å². The van der Waals surface area contributed by atoms with Crippen LogP contribution in [0.15, 0.2) is 41.8 Å². The summed E-state index contributed by atoms with van der Waals surface area (Å²) in [5, 5.41) is 10.8. The number of hydrogen-bond donors (Lipinski definition) is 2. The van der Waals surface area contributed by atoms with Crippen LogP contribution in [0.5, 0.6) is 5.75 Å². The van der Waals surface area contributed by atoms with Gasteiger partial charge in [-0.3, -0.25) is 9.98 Å². The molecule has 1 aromatic heterocycles. The molecule has 0 bridgehead atoms. The summed E-state index contributed by atoms with van der Waals surface area (Å²) in [5.41, 5.74) is 2.47. The number of hydrogen-bond acceptors (Lipinski definition) is 3. The Hall–Kier alpha value is -2.36. The van der Waals surface area contributed by atoms with Crippen molar-refractivity contribution in [1.82, 2.24) is 9.97 Å². The number of aliphatic imine (C=N–C) groups is 1. The van der Waals surface area contributed by atoms with Gasteiger partial charge in [0.2, 0.25) is 0 Å². The molecule has 0 aliphatic carbocycles. The molecular formula is C12H9N3O. The first-order valence-corrected chi connectivity index (χ1v) is 4.92. The van der Waals surface area contributed by atoms with E-state index in [1.807, 2.05) is 18.2 Å². The number of nitrogens with zero attached hydrogens (tertiary/aromatic N) is 2. The topological polar surface area (TPSA) is 61.3 Å². The van der Waals surface area contributed by atoms with Crippen molar-refractivity contribution in [3.63, 3.8) is 0 Å². The molecule has 0 atom stereocenters. The minimum Gasteiger partial charge on any atom is -0.506 e. The summed E-state index contributed by atoms with van der Waals surface area (Å²) in [5.74, 6) is 0.128. The van der Waals surface area contributed by atoms with Crippen molar-refractivity contribution < 1.29 is 5.11 Å². The lowest BCUT2D eigenvalue weighted by Gasteiger charge is -1.96. The first-order valence-electron chi connectivity index (χ1n) is 4.92. The predicted molar refractivity (Wildman–Crippen MR) is 62.6 cm³/mol. The van der Waals surface area contributed by atoms with Crippen LogP contribution in [0.3, 0.4) is 0 Å². The SMILES string of the molecule is Oc1cncc[nH]c2cccc3c2c1C=N3. The summed E-state index contributed by atoms with van der Waals surface area (Å²) in [7, 11) is 0. The third-order valence-electron chi connectivity index (χ3n) is 2.52. The number of aromatic nitrogens is 2. The molecule has 78 valence electrons. The van der Waals surface area contributed by atoms with Gasteiger partial charge in [-0.15, -0.1) is 0 Å². The largest absolute Gasteiger partial charge is 0.506 e. The minimum absolute atomic E-state index is 0.128.